The Morgan fingerprint density at radius 2 is 1.09 bits per heavy atom. The van der Waals surface area contributed by atoms with Crippen LogP contribution in [0.5, 0.6) is 0 Å². The molecule has 0 saturated heterocycles. The summed E-state index contributed by atoms with van der Waals surface area (Å²) in [6.45, 7) is 2.29. The van der Waals surface area contributed by atoms with Crippen molar-refractivity contribution in [1.82, 2.24) is 0 Å². The lowest BCUT2D eigenvalue weighted by Crippen LogP contribution is -2.28. The van der Waals surface area contributed by atoms with E-state index in [4.69, 9.17) is 0 Å². The van der Waals surface area contributed by atoms with Crippen LogP contribution < -0.4 is 0 Å². The Kier molecular flexibility index (Phi) is 5.16. The molecule has 1 heteroatoms. The van der Waals surface area contributed by atoms with E-state index in [2.05, 4.69) is 121 Å². The number of benzene rings is 3. The second-order valence-corrected chi connectivity index (χ2v) is 7.52. The summed E-state index contributed by atoms with van der Waals surface area (Å²) in [4.78, 5) is 0. The molecular formula is C22H21I. The van der Waals surface area contributed by atoms with Gasteiger partial charge in [-0.25, -0.2) is 0 Å². The van der Waals surface area contributed by atoms with Crippen molar-refractivity contribution in [3.8, 4) is 0 Å². The zero-order valence-electron chi connectivity index (χ0n) is 13.3. The molecular weight excluding hydrogens is 391 g/mol. The highest BCUT2D eigenvalue weighted by Crippen LogP contribution is 2.51. The van der Waals surface area contributed by atoms with E-state index in [-0.39, 0.29) is 3.42 Å². The van der Waals surface area contributed by atoms with Crippen molar-refractivity contribution >= 4 is 22.6 Å². The lowest BCUT2D eigenvalue weighted by Gasteiger charge is -2.37. The van der Waals surface area contributed by atoms with Crippen LogP contribution in [-0.4, -0.2) is 0 Å². The van der Waals surface area contributed by atoms with E-state index in [0.29, 0.717) is 5.92 Å². The molecule has 0 aliphatic heterocycles. The summed E-state index contributed by atoms with van der Waals surface area (Å²) in [6.07, 6.45) is 1.09. The molecule has 0 N–H and O–H groups in total. The van der Waals surface area contributed by atoms with Gasteiger partial charge in [-0.05, 0) is 23.1 Å². The average molecular weight is 412 g/mol. The Hall–Kier alpha value is -1.61. The van der Waals surface area contributed by atoms with Crippen molar-refractivity contribution in [3.63, 3.8) is 0 Å². The van der Waals surface area contributed by atoms with Gasteiger partial charge in [-0.1, -0.05) is 121 Å². The van der Waals surface area contributed by atoms with Gasteiger partial charge in [0.15, 0.2) is 0 Å². The standard InChI is InChI=1S/C22H21I/c1-2-21(18-12-6-3-7-13-18)22(23,19-14-8-4-9-15-19)20-16-10-5-11-17-20/h3-17,21H,2H2,1H3. The first-order valence-electron chi connectivity index (χ1n) is 8.11. The number of halogens is 1. The number of rotatable bonds is 5. The Morgan fingerprint density at radius 1 is 0.696 bits per heavy atom. The maximum atomic E-state index is 2.67. The number of hydrogen-bond acceptors (Lipinski definition) is 0. The van der Waals surface area contributed by atoms with Crippen molar-refractivity contribution in [2.24, 2.45) is 0 Å². The third-order valence-corrected chi connectivity index (χ3v) is 6.48. The summed E-state index contributed by atoms with van der Waals surface area (Å²) in [5, 5.41) is 0. The first-order valence-corrected chi connectivity index (χ1v) is 9.19. The highest BCUT2D eigenvalue weighted by molar-refractivity contribution is 14.1. The van der Waals surface area contributed by atoms with Crippen molar-refractivity contribution in [2.75, 3.05) is 0 Å². The fourth-order valence-electron chi connectivity index (χ4n) is 3.36. The fraction of sp³-hybridized carbons (Fsp3) is 0.182. The highest BCUT2D eigenvalue weighted by atomic mass is 127. The molecule has 0 fully saturated rings. The van der Waals surface area contributed by atoms with Gasteiger partial charge in [-0.2, -0.15) is 0 Å². The third kappa shape index (κ3) is 3.20. The van der Waals surface area contributed by atoms with Crippen LogP contribution in [0.1, 0.15) is 36.0 Å². The Morgan fingerprint density at radius 3 is 1.48 bits per heavy atom. The van der Waals surface area contributed by atoms with Crippen molar-refractivity contribution in [2.45, 2.75) is 22.7 Å². The lowest BCUT2D eigenvalue weighted by atomic mass is 9.76. The third-order valence-electron chi connectivity index (χ3n) is 4.48. The minimum Gasteiger partial charge on any atom is -0.0677 e. The number of alkyl halides is 1. The van der Waals surface area contributed by atoms with Crippen molar-refractivity contribution in [3.05, 3.63) is 108 Å². The first kappa shape index (κ1) is 16.3. The molecule has 0 amide bonds. The van der Waals surface area contributed by atoms with Gasteiger partial charge in [-0.3, -0.25) is 0 Å². The Bertz CT molecular complexity index is 680. The zero-order valence-corrected chi connectivity index (χ0v) is 15.5. The van der Waals surface area contributed by atoms with Crippen LogP contribution in [-0.2, 0) is 3.42 Å². The molecule has 0 aliphatic carbocycles. The van der Waals surface area contributed by atoms with Gasteiger partial charge in [0.1, 0.15) is 0 Å². The molecule has 116 valence electrons. The van der Waals surface area contributed by atoms with Crippen molar-refractivity contribution in [1.29, 1.82) is 0 Å². The van der Waals surface area contributed by atoms with E-state index in [1.807, 2.05) is 0 Å². The largest absolute Gasteiger partial charge is 0.0786 e. The Balaban J connectivity index is 2.19. The van der Waals surface area contributed by atoms with Gasteiger partial charge < -0.3 is 0 Å². The Labute approximate surface area is 152 Å². The van der Waals surface area contributed by atoms with Crippen LogP contribution in [0.2, 0.25) is 0 Å². The van der Waals surface area contributed by atoms with Crippen LogP contribution in [0.25, 0.3) is 0 Å². The molecule has 0 saturated carbocycles. The van der Waals surface area contributed by atoms with E-state index >= 15 is 0 Å². The van der Waals surface area contributed by atoms with Gasteiger partial charge >= 0.3 is 0 Å². The van der Waals surface area contributed by atoms with Crippen LogP contribution in [0.15, 0.2) is 91.0 Å². The quantitative estimate of drug-likeness (QED) is 0.329. The summed E-state index contributed by atoms with van der Waals surface area (Å²) in [7, 11) is 0. The van der Waals surface area contributed by atoms with Crippen molar-refractivity contribution < 1.29 is 0 Å². The maximum absolute atomic E-state index is 2.67. The van der Waals surface area contributed by atoms with Gasteiger partial charge in [-0.15, -0.1) is 0 Å². The minimum atomic E-state index is -0.0730. The second kappa shape index (κ2) is 7.31. The van der Waals surface area contributed by atoms with Gasteiger partial charge in [0.05, 0.1) is 3.42 Å². The molecule has 23 heavy (non-hydrogen) atoms. The minimum absolute atomic E-state index is 0.0730. The molecule has 0 radical (unpaired) electrons. The van der Waals surface area contributed by atoms with E-state index < -0.39 is 0 Å². The van der Waals surface area contributed by atoms with Gasteiger partial charge in [0, 0.05) is 5.92 Å². The predicted octanol–water partition coefficient (Wildman–Crippen LogP) is 6.56. The smallest absolute Gasteiger partial charge is 0.0677 e. The second-order valence-electron chi connectivity index (χ2n) is 5.82. The molecule has 0 bridgehead atoms. The summed E-state index contributed by atoms with van der Waals surface area (Å²) >= 11 is 2.67. The molecule has 1 unspecified atom stereocenters. The SMILES string of the molecule is CCC(c1ccccc1)C(I)(c1ccccc1)c1ccccc1. The molecule has 0 aliphatic rings. The zero-order chi connectivity index (χ0) is 16.1. The molecule has 3 aromatic carbocycles. The molecule has 0 spiro atoms. The molecule has 3 aromatic rings. The average Bonchev–Trinajstić information content (AvgIpc) is 2.64. The van der Waals surface area contributed by atoms with Crippen LogP contribution in [0.4, 0.5) is 0 Å². The first-order chi connectivity index (χ1) is 11.3. The summed E-state index contributed by atoms with van der Waals surface area (Å²) in [6, 6.07) is 32.7. The van der Waals surface area contributed by atoms with Crippen LogP contribution >= 0.6 is 22.6 Å². The van der Waals surface area contributed by atoms with E-state index in [0.717, 1.165) is 6.42 Å². The highest BCUT2D eigenvalue weighted by Gasteiger charge is 2.39. The van der Waals surface area contributed by atoms with Crippen LogP contribution in [0.3, 0.4) is 0 Å². The topological polar surface area (TPSA) is 0 Å². The predicted molar refractivity (Wildman–Crippen MR) is 107 cm³/mol. The van der Waals surface area contributed by atoms with Gasteiger partial charge in [0.25, 0.3) is 0 Å². The molecule has 0 nitrogen and oxygen atoms in total. The number of hydrogen-bond donors (Lipinski definition) is 0. The van der Waals surface area contributed by atoms with E-state index in [1.54, 1.807) is 0 Å². The van der Waals surface area contributed by atoms with E-state index in [1.165, 1.54) is 16.7 Å². The van der Waals surface area contributed by atoms with E-state index in [9.17, 15) is 0 Å². The molecule has 1 atom stereocenters. The summed E-state index contributed by atoms with van der Waals surface area (Å²) in [5.41, 5.74) is 4.13. The summed E-state index contributed by atoms with van der Waals surface area (Å²) in [5.74, 6) is 0.425. The van der Waals surface area contributed by atoms with Crippen LogP contribution in [0, 0.1) is 0 Å². The summed E-state index contributed by atoms with van der Waals surface area (Å²) < 4.78 is -0.0730. The van der Waals surface area contributed by atoms with Gasteiger partial charge in [0.2, 0.25) is 0 Å². The molecule has 0 heterocycles. The molecule has 0 aromatic heterocycles. The monoisotopic (exact) mass is 412 g/mol. The molecule has 3 rings (SSSR count). The maximum Gasteiger partial charge on any atom is 0.0786 e. The fourth-order valence-corrected chi connectivity index (χ4v) is 4.88. The lowest BCUT2D eigenvalue weighted by molar-refractivity contribution is 0.565. The normalized spacial score (nSPS) is 12.8.